The number of rotatable bonds is 10. The molecule has 36 heavy (non-hydrogen) atoms. The van der Waals surface area contributed by atoms with Crippen LogP contribution in [0.2, 0.25) is 0 Å². The third kappa shape index (κ3) is 6.47. The van der Waals surface area contributed by atoms with Gasteiger partial charge in [-0.3, -0.25) is 4.79 Å². The Balaban J connectivity index is 1.49. The van der Waals surface area contributed by atoms with Gasteiger partial charge in [-0.1, -0.05) is 29.8 Å². The van der Waals surface area contributed by atoms with Crippen molar-refractivity contribution in [3.8, 4) is 5.75 Å². The summed E-state index contributed by atoms with van der Waals surface area (Å²) in [5.41, 5.74) is 2.96. The van der Waals surface area contributed by atoms with Crippen LogP contribution in [-0.4, -0.2) is 36.8 Å². The fourth-order valence-corrected chi connectivity index (χ4v) is 4.08. The molecule has 3 aromatic carbocycles. The van der Waals surface area contributed by atoms with Gasteiger partial charge in [0.25, 0.3) is 5.91 Å². The molecule has 0 aliphatic heterocycles. The summed E-state index contributed by atoms with van der Waals surface area (Å²) in [6.07, 6.45) is -1.03. The number of ether oxygens (including phenoxy) is 1. The predicted molar refractivity (Wildman–Crippen MR) is 133 cm³/mol. The van der Waals surface area contributed by atoms with Gasteiger partial charge in [-0.25, -0.2) is 8.78 Å². The normalized spacial score (nSPS) is 12.9. The van der Waals surface area contributed by atoms with Crippen LogP contribution in [0.5, 0.6) is 5.75 Å². The van der Waals surface area contributed by atoms with Gasteiger partial charge in [0.15, 0.2) is 5.76 Å². The number of furan rings is 1. The molecule has 0 saturated carbocycles. The second-order valence-electron chi connectivity index (χ2n) is 8.76. The lowest BCUT2D eigenvalue weighted by atomic mass is 10.0. The van der Waals surface area contributed by atoms with E-state index < -0.39 is 29.7 Å². The summed E-state index contributed by atoms with van der Waals surface area (Å²) < 4.78 is 38.4. The van der Waals surface area contributed by atoms with E-state index in [4.69, 9.17) is 9.15 Å². The quantitative estimate of drug-likeness (QED) is 0.302. The highest BCUT2D eigenvalue weighted by Crippen LogP contribution is 2.24. The monoisotopic (exact) mass is 494 g/mol. The number of hydrogen-bond acceptors (Lipinski definition) is 5. The number of carbonyl (C=O) groups is 1. The van der Waals surface area contributed by atoms with Gasteiger partial charge in [0.05, 0.1) is 19.3 Å². The van der Waals surface area contributed by atoms with Crippen LogP contribution in [0.3, 0.4) is 0 Å². The molecular weight excluding hydrogens is 466 g/mol. The maximum Gasteiger partial charge on any atom is 0.287 e. The van der Waals surface area contributed by atoms with Crippen LogP contribution in [-0.2, 0) is 13.0 Å². The summed E-state index contributed by atoms with van der Waals surface area (Å²) in [6.45, 7) is 2.66. The number of nitrogens with one attached hydrogen (secondary N) is 2. The van der Waals surface area contributed by atoms with E-state index in [-0.39, 0.29) is 18.7 Å². The molecule has 0 fully saturated rings. The summed E-state index contributed by atoms with van der Waals surface area (Å²) >= 11 is 0. The summed E-state index contributed by atoms with van der Waals surface area (Å²) in [5, 5.41) is 17.6. The molecule has 0 unspecified atom stereocenters. The second kappa shape index (κ2) is 11.3. The van der Waals surface area contributed by atoms with Gasteiger partial charge in [0, 0.05) is 30.6 Å². The van der Waals surface area contributed by atoms with Gasteiger partial charge in [0.1, 0.15) is 23.0 Å². The fraction of sp³-hybridized carbons (Fsp3) is 0.250. The van der Waals surface area contributed by atoms with Crippen molar-refractivity contribution in [2.45, 2.75) is 32.0 Å². The topological polar surface area (TPSA) is 83.7 Å². The lowest BCUT2D eigenvalue weighted by Gasteiger charge is -2.24. The molecule has 1 aromatic heterocycles. The van der Waals surface area contributed by atoms with Gasteiger partial charge >= 0.3 is 0 Å². The minimum Gasteiger partial charge on any atom is -0.497 e. The van der Waals surface area contributed by atoms with Crippen molar-refractivity contribution in [2.24, 2.45) is 0 Å². The summed E-state index contributed by atoms with van der Waals surface area (Å²) in [4.78, 5) is 13.0. The van der Waals surface area contributed by atoms with Crippen molar-refractivity contribution >= 4 is 16.9 Å². The molecule has 0 radical (unpaired) electrons. The van der Waals surface area contributed by atoms with Gasteiger partial charge < -0.3 is 24.9 Å². The maximum absolute atomic E-state index is 13.8. The first kappa shape index (κ1) is 25.3. The number of methoxy groups -OCH3 is 1. The summed E-state index contributed by atoms with van der Waals surface area (Å²) in [7, 11) is 1.53. The minimum absolute atomic E-state index is 0.0156. The van der Waals surface area contributed by atoms with Gasteiger partial charge in [-0.05, 0) is 54.8 Å². The molecule has 0 aliphatic carbocycles. The van der Waals surface area contributed by atoms with Crippen LogP contribution in [0, 0.1) is 18.6 Å². The van der Waals surface area contributed by atoms with Crippen LogP contribution in [0.1, 0.15) is 27.2 Å². The van der Waals surface area contributed by atoms with Gasteiger partial charge in [0.2, 0.25) is 0 Å². The molecule has 4 rings (SSSR count). The fourth-order valence-electron chi connectivity index (χ4n) is 4.08. The predicted octanol–water partition coefficient (Wildman–Crippen LogP) is 4.52. The smallest absolute Gasteiger partial charge is 0.287 e. The highest BCUT2D eigenvalue weighted by atomic mass is 19.1. The van der Waals surface area contributed by atoms with Crippen LogP contribution < -0.4 is 15.4 Å². The molecule has 2 atom stereocenters. The zero-order chi connectivity index (χ0) is 25.7. The van der Waals surface area contributed by atoms with Crippen molar-refractivity contribution in [3.05, 3.63) is 101 Å². The number of fused-ring (bicyclic) bond motifs is 1. The van der Waals surface area contributed by atoms with E-state index in [2.05, 4.69) is 10.6 Å². The average Bonchev–Trinajstić information content (AvgIpc) is 3.26. The molecule has 4 aromatic rings. The molecule has 0 bridgehead atoms. The Morgan fingerprint density at radius 1 is 1.03 bits per heavy atom. The zero-order valence-corrected chi connectivity index (χ0v) is 20.1. The number of benzene rings is 3. The van der Waals surface area contributed by atoms with Crippen molar-refractivity contribution in [1.82, 2.24) is 10.6 Å². The first-order chi connectivity index (χ1) is 17.3. The Morgan fingerprint density at radius 3 is 2.53 bits per heavy atom. The average molecular weight is 495 g/mol. The van der Waals surface area contributed by atoms with E-state index in [0.29, 0.717) is 28.8 Å². The van der Waals surface area contributed by atoms with E-state index in [1.807, 2.05) is 31.2 Å². The molecule has 1 heterocycles. The molecule has 0 saturated heterocycles. The Bertz CT molecular complexity index is 1330. The van der Waals surface area contributed by atoms with Crippen molar-refractivity contribution in [2.75, 3.05) is 13.7 Å². The number of halogens is 2. The molecule has 0 aliphatic rings. The molecule has 1 amide bonds. The summed E-state index contributed by atoms with van der Waals surface area (Å²) in [5.74, 6) is -1.37. The molecule has 6 nitrogen and oxygen atoms in total. The van der Waals surface area contributed by atoms with E-state index in [1.165, 1.54) is 19.2 Å². The van der Waals surface area contributed by atoms with E-state index in [0.717, 1.165) is 17.2 Å². The Labute approximate surface area is 207 Å². The maximum atomic E-state index is 13.8. The molecule has 188 valence electrons. The first-order valence-corrected chi connectivity index (χ1v) is 11.6. The number of amides is 1. The van der Waals surface area contributed by atoms with Crippen LogP contribution in [0.4, 0.5) is 8.78 Å². The van der Waals surface area contributed by atoms with E-state index in [1.54, 1.807) is 24.3 Å². The standard InChI is InChI=1S/C28H28F2N2O4/c1-17-4-3-5-18(8-17)15-31-16-25(33)24(11-19-9-21(29)13-22(30)10-19)32-28(34)27-12-20-6-7-23(35-2)14-26(20)36-27/h3-10,12-14,24-25,31,33H,11,15-16H2,1-2H3,(H,32,34)/t24-,25+/m0/s1. The van der Waals surface area contributed by atoms with E-state index >= 15 is 0 Å². The van der Waals surface area contributed by atoms with Crippen molar-refractivity contribution < 1.29 is 27.8 Å². The van der Waals surface area contributed by atoms with Crippen molar-refractivity contribution in [1.29, 1.82) is 0 Å². The number of aliphatic hydroxyl groups is 1. The Kier molecular flexibility index (Phi) is 7.97. The number of aryl methyl sites for hydroxylation is 1. The molecule has 3 N–H and O–H groups in total. The lowest BCUT2D eigenvalue weighted by Crippen LogP contribution is -2.48. The van der Waals surface area contributed by atoms with E-state index in [9.17, 15) is 18.7 Å². The van der Waals surface area contributed by atoms with Crippen LogP contribution in [0.15, 0.2) is 71.1 Å². The number of carbonyl (C=O) groups excluding carboxylic acids is 1. The highest BCUT2D eigenvalue weighted by molar-refractivity contribution is 5.96. The molecule has 8 heteroatoms. The third-order valence-electron chi connectivity index (χ3n) is 5.88. The van der Waals surface area contributed by atoms with Gasteiger partial charge in [-0.2, -0.15) is 0 Å². The SMILES string of the molecule is COc1ccc2cc(C(=O)N[C@@H](Cc3cc(F)cc(F)c3)[C@H](O)CNCc3cccc(C)c3)oc2c1. The number of aliphatic hydroxyl groups excluding tert-OH is 1. The van der Waals surface area contributed by atoms with Crippen molar-refractivity contribution in [3.63, 3.8) is 0 Å². The third-order valence-corrected chi connectivity index (χ3v) is 5.88. The number of hydrogen-bond donors (Lipinski definition) is 3. The second-order valence-corrected chi connectivity index (χ2v) is 8.76. The lowest BCUT2D eigenvalue weighted by molar-refractivity contribution is 0.0806. The zero-order valence-electron chi connectivity index (χ0n) is 20.1. The minimum atomic E-state index is -1.05. The summed E-state index contributed by atoms with van der Waals surface area (Å²) in [6, 6.07) is 17.0. The Hall–Kier alpha value is -3.75. The van der Waals surface area contributed by atoms with Crippen LogP contribution >= 0.6 is 0 Å². The molecule has 0 spiro atoms. The Morgan fingerprint density at radius 2 is 1.81 bits per heavy atom. The molecular formula is C28H28F2N2O4. The highest BCUT2D eigenvalue weighted by Gasteiger charge is 2.24. The van der Waals surface area contributed by atoms with Crippen LogP contribution in [0.25, 0.3) is 11.0 Å². The first-order valence-electron chi connectivity index (χ1n) is 11.6. The largest absolute Gasteiger partial charge is 0.497 e. The van der Waals surface area contributed by atoms with Gasteiger partial charge in [-0.15, -0.1) is 0 Å².